The molecule has 0 bridgehead atoms. The van der Waals surface area contributed by atoms with E-state index in [4.69, 9.17) is 24.2 Å². The van der Waals surface area contributed by atoms with Crippen LogP contribution in [0.15, 0.2) is 23.3 Å². The molecule has 0 radical (unpaired) electrons. The summed E-state index contributed by atoms with van der Waals surface area (Å²) in [6.07, 6.45) is 7.07. The highest BCUT2D eigenvalue weighted by Gasteiger charge is 2.31. The summed E-state index contributed by atoms with van der Waals surface area (Å²) in [5.41, 5.74) is 2.17. The fraction of sp³-hybridized carbons (Fsp3) is 0.714. The Hall–Kier alpha value is -0.340. The molecular weight excluding hydrogens is 376 g/mol. The van der Waals surface area contributed by atoms with Crippen molar-refractivity contribution >= 4 is 15.6 Å². The Morgan fingerprint density at radius 3 is 2.40 bits per heavy atom. The first kappa shape index (κ1) is 24.7. The first-order chi connectivity index (χ1) is 11.6. The monoisotopic (exact) mass is 404 g/mol. The normalized spacial score (nSPS) is 16.1. The van der Waals surface area contributed by atoms with Crippen molar-refractivity contribution in [3.05, 3.63) is 23.3 Å². The Labute approximate surface area is 148 Å². The fourth-order valence-corrected chi connectivity index (χ4v) is 3.30. The smallest absolute Gasteiger partial charge is 0.359 e. The number of allylic oxidation sites excluding steroid dienone is 3. The third kappa shape index (κ3) is 16.9. The van der Waals surface area contributed by atoms with Gasteiger partial charge in [-0.25, -0.2) is 9.13 Å². The van der Waals surface area contributed by atoms with Crippen molar-refractivity contribution in [3.8, 4) is 0 Å². The maximum absolute atomic E-state index is 11.2. The molecule has 0 saturated carbocycles. The summed E-state index contributed by atoms with van der Waals surface area (Å²) in [6.45, 7) is 4.54. The standard InChI is InChI=1S/C14H28O9P2/c1-13(8-5-10-21-12-20-3)6-4-7-14(2)9-11-22-25(18,19)23-24(15,16)17/h6,9H,4-5,7-8,10-12H2,1-3H3,(H,18,19)(H2,15,16,17)/b13-6+,14-9+/i11+2. The Kier molecular flexibility index (Phi) is 12.7. The van der Waals surface area contributed by atoms with Crippen molar-refractivity contribution in [2.24, 2.45) is 0 Å². The molecule has 0 rings (SSSR count). The number of phosphoric acid groups is 2. The molecule has 0 aromatic rings. The van der Waals surface area contributed by atoms with Crippen molar-refractivity contribution in [3.63, 3.8) is 0 Å². The lowest BCUT2D eigenvalue weighted by Crippen LogP contribution is -1.98. The summed E-state index contributed by atoms with van der Waals surface area (Å²) in [7, 11) is -8.27. The summed E-state index contributed by atoms with van der Waals surface area (Å²) in [4.78, 5) is 26.1. The maximum atomic E-state index is 11.2. The highest BCUT2D eigenvalue weighted by molar-refractivity contribution is 7.60. The number of methoxy groups -OCH3 is 1. The van der Waals surface area contributed by atoms with Crippen LogP contribution in [0.5, 0.6) is 0 Å². The van der Waals surface area contributed by atoms with E-state index in [9.17, 15) is 9.13 Å². The SMILES string of the molecule is COCOCCC/C(C)=C/CC/C(C)=C/[14CH2]OP(=O)(O)OP(=O)(O)O. The Balaban J connectivity index is 4.02. The Morgan fingerprint density at radius 1 is 1.12 bits per heavy atom. The molecule has 0 aromatic heterocycles. The number of hydrogen-bond donors (Lipinski definition) is 3. The van der Waals surface area contributed by atoms with Crippen LogP contribution in [0.1, 0.15) is 39.5 Å². The van der Waals surface area contributed by atoms with Crippen LogP contribution in [0.2, 0.25) is 0 Å². The Morgan fingerprint density at radius 2 is 1.80 bits per heavy atom. The minimum Gasteiger partial charge on any atom is -0.359 e. The van der Waals surface area contributed by atoms with Gasteiger partial charge in [-0.05, 0) is 39.5 Å². The van der Waals surface area contributed by atoms with E-state index in [0.717, 1.165) is 31.3 Å². The zero-order valence-corrected chi connectivity index (χ0v) is 16.6. The number of ether oxygens (including phenoxy) is 2. The molecule has 0 saturated heterocycles. The molecule has 11 heteroatoms. The summed E-state index contributed by atoms with van der Waals surface area (Å²) >= 11 is 0. The second kappa shape index (κ2) is 12.9. The largest absolute Gasteiger partial charge is 0.481 e. The lowest BCUT2D eigenvalue weighted by molar-refractivity contribution is -0.0310. The molecule has 1 unspecified atom stereocenters. The summed E-state index contributed by atoms with van der Waals surface area (Å²) in [5, 5.41) is 0. The van der Waals surface area contributed by atoms with Gasteiger partial charge in [0.15, 0.2) is 0 Å². The molecule has 9 nitrogen and oxygen atoms in total. The van der Waals surface area contributed by atoms with Gasteiger partial charge in [0, 0.05) is 13.7 Å². The lowest BCUT2D eigenvalue weighted by atomic mass is 10.1. The van der Waals surface area contributed by atoms with E-state index >= 15 is 0 Å². The third-order valence-electron chi connectivity index (χ3n) is 2.97. The highest BCUT2D eigenvalue weighted by atomic mass is 31.3. The van der Waals surface area contributed by atoms with E-state index in [1.807, 2.05) is 13.8 Å². The van der Waals surface area contributed by atoms with E-state index in [1.165, 1.54) is 5.57 Å². The quantitative estimate of drug-likeness (QED) is 0.173. The zero-order chi connectivity index (χ0) is 19.3. The summed E-state index contributed by atoms with van der Waals surface area (Å²) < 4.78 is 39.9. The van der Waals surface area contributed by atoms with Gasteiger partial charge in [0.05, 0.1) is 6.61 Å². The average molecular weight is 404 g/mol. The van der Waals surface area contributed by atoms with E-state index in [0.29, 0.717) is 13.4 Å². The van der Waals surface area contributed by atoms with Crippen LogP contribution in [-0.2, 0) is 27.4 Å². The van der Waals surface area contributed by atoms with Gasteiger partial charge in [0.1, 0.15) is 6.79 Å². The minimum absolute atomic E-state index is 0.279. The first-order valence-corrected chi connectivity index (χ1v) is 10.7. The second-order valence-electron chi connectivity index (χ2n) is 5.39. The molecule has 0 amide bonds. The summed E-state index contributed by atoms with van der Waals surface area (Å²) in [6, 6.07) is 0. The van der Waals surface area contributed by atoms with Gasteiger partial charge in [-0.15, -0.1) is 0 Å². The van der Waals surface area contributed by atoms with Crippen molar-refractivity contribution < 1.29 is 42.1 Å². The van der Waals surface area contributed by atoms with E-state index in [-0.39, 0.29) is 6.61 Å². The lowest BCUT2D eigenvalue weighted by Gasteiger charge is -2.11. The molecule has 0 aliphatic heterocycles. The number of phosphoric ester groups is 1. The van der Waals surface area contributed by atoms with Gasteiger partial charge < -0.3 is 24.2 Å². The van der Waals surface area contributed by atoms with Crippen LogP contribution in [0, 0.1) is 0 Å². The van der Waals surface area contributed by atoms with Gasteiger partial charge in [-0.2, -0.15) is 4.31 Å². The molecular formula is C14H28O9P2. The van der Waals surface area contributed by atoms with Crippen molar-refractivity contribution in [2.75, 3.05) is 27.1 Å². The number of rotatable bonds is 14. The molecule has 25 heavy (non-hydrogen) atoms. The first-order valence-electron chi connectivity index (χ1n) is 7.68. The highest BCUT2D eigenvalue weighted by Crippen LogP contribution is 2.57. The predicted molar refractivity (Wildman–Crippen MR) is 92.7 cm³/mol. The maximum Gasteiger partial charge on any atom is 0.481 e. The minimum atomic E-state index is -5.08. The van der Waals surface area contributed by atoms with Crippen molar-refractivity contribution in [1.29, 1.82) is 0 Å². The molecule has 0 heterocycles. The van der Waals surface area contributed by atoms with Crippen molar-refractivity contribution in [1.82, 2.24) is 0 Å². The third-order valence-corrected chi connectivity index (χ3v) is 5.12. The topological polar surface area (TPSA) is 132 Å². The van der Waals surface area contributed by atoms with Gasteiger partial charge in [0.2, 0.25) is 0 Å². The van der Waals surface area contributed by atoms with Crippen LogP contribution in [-0.4, -0.2) is 41.8 Å². The van der Waals surface area contributed by atoms with Crippen LogP contribution in [0.25, 0.3) is 0 Å². The van der Waals surface area contributed by atoms with Crippen LogP contribution < -0.4 is 0 Å². The van der Waals surface area contributed by atoms with Crippen molar-refractivity contribution in [2.45, 2.75) is 39.5 Å². The van der Waals surface area contributed by atoms with Crippen LogP contribution in [0.3, 0.4) is 0 Å². The van der Waals surface area contributed by atoms with Gasteiger partial charge in [-0.3, -0.25) is 4.52 Å². The predicted octanol–water partition coefficient (Wildman–Crippen LogP) is 3.29. The molecule has 0 aliphatic rings. The molecule has 0 aliphatic carbocycles. The fourth-order valence-electron chi connectivity index (χ4n) is 1.78. The van der Waals surface area contributed by atoms with E-state index < -0.39 is 15.6 Å². The molecule has 0 fully saturated rings. The van der Waals surface area contributed by atoms with Crippen LogP contribution in [0.4, 0.5) is 0 Å². The molecule has 3 N–H and O–H groups in total. The molecule has 1 atom stereocenters. The van der Waals surface area contributed by atoms with Crippen LogP contribution >= 0.6 is 15.6 Å². The molecule has 0 aromatic carbocycles. The average Bonchev–Trinajstić information content (AvgIpc) is 2.44. The van der Waals surface area contributed by atoms with Gasteiger partial charge in [0.25, 0.3) is 0 Å². The summed E-state index contributed by atoms with van der Waals surface area (Å²) in [5.74, 6) is 0. The second-order valence-corrected chi connectivity index (χ2v) is 8.22. The Bertz CT molecular complexity index is 524. The molecule has 0 spiro atoms. The number of hydrogen-bond acceptors (Lipinski definition) is 6. The van der Waals surface area contributed by atoms with Gasteiger partial charge in [-0.1, -0.05) is 23.3 Å². The zero-order valence-electron chi connectivity index (χ0n) is 14.8. The van der Waals surface area contributed by atoms with E-state index in [1.54, 1.807) is 13.2 Å². The molecule has 148 valence electrons. The van der Waals surface area contributed by atoms with E-state index in [2.05, 4.69) is 14.9 Å². The van der Waals surface area contributed by atoms with Gasteiger partial charge >= 0.3 is 15.6 Å².